The molecule has 0 radical (unpaired) electrons. The highest BCUT2D eigenvalue weighted by molar-refractivity contribution is 7.85. The molecule has 0 heterocycles. The van der Waals surface area contributed by atoms with Crippen molar-refractivity contribution in [2.24, 2.45) is 0 Å². The highest BCUT2D eigenvalue weighted by Gasteiger charge is 2.28. The van der Waals surface area contributed by atoms with Gasteiger partial charge in [0.15, 0.2) is 0 Å². The molecule has 0 bridgehead atoms. The first-order valence-corrected chi connectivity index (χ1v) is 5.99. The van der Waals surface area contributed by atoms with Crippen molar-refractivity contribution in [3.05, 3.63) is 0 Å². The Morgan fingerprint density at radius 2 is 1.60 bits per heavy atom. The minimum Gasteiger partial charge on any atom is -0.390 e. The fourth-order valence-electron chi connectivity index (χ4n) is 0.266. The molecule has 0 aromatic heterocycles. The SMILES string of the molecule is O=S(=O)(O)CC[Si](O)(O)O. The summed E-state index contributed by atoms with van der Waals surface area (Å²) in [5, 5.41) is 0. The van der Waals surface area contributed by atoms with Gasteiger partial charge in [-0.15, -0.1) is 0 Å². The quantitative estimate of drug-likeness (QED) is 0.295. The molecule has 0 aromatic carbocycles. The van der Waals surface area contributed by atoms with Crippen molar-refractivity contribution in [2.75, 3.05) is 5.75 Å². The van der Waals surface area contributed by atoms with Gasteiger partial charge in [0.1, 0.15) is 0 Å². The molecule has 0 fully saturated rings. The highest BCUT2D eigenvalue weighted by Crippen LogP contribution is 1.98. The van der Waals surface area contributed by atoms with E-state index in [4.69, 9.17) is 18.9 Å². The molecule has 0 saturated carbocycles. The van der Waals surface area contributed by atoms with Gasteiger partial charge in [-0.1, -0.05) is 0 Å². The lowest BCUT2D eigenvalue weighted by molar-refractivity contribution is 0.229. The molecule has 0 aliphatic heterocycles. The topological polar surface area (TPSA) is 115 Å². The van der Waals surface area contributed by atoms with E-state index in [1.54, 1.807) is 0 Å². The maximum absolute atomic E-state index is 9.92. The lowest BCUT2D eigenvalue weighted by Crippen LogP contribution is -2.36. The molecule has 62 valence electrons. The van der Waals surface area contributed by atoms with Crippen molar-refractivity contribution in [3.8, 4) is 0 Å². The van der Waals surface area contributed by atoms with E-state index in [0.717, 1.165) is 0 Å². The summed E-state index contributed by atoms with van der Waals surface area (Å²) in [4.78, 5) is 24.8. The van der Waals surface area contributed by atoms with E-state index in [-0.39, 0.29) is 0 Å². The number of hydrogen-bond acceptors (Lipinski definition) is 5. The fourth-order valence-corrected chi connectivity index (χ4v) is 2.39. The van der Waals surface area contributed by atoms with Crippen LogP contribution < -0.4 is 0 Å². The Hall–Kier alpha value is 0.00688. The van der Waals surface area contributed by atoms with E-state index in [1.165, 1.54) is 0 Å². The standard InChI is InChI=1S/C2H8O6SSi/c3-9(4,5)1-2-10(6,7)8/h6-8H,1-2H2,(H,3,4,5). The Labute approximate surface area is 58.9 Å². The average Bonchev–Trinajstić information content (AvgIpc) is 1.57. The Kier molecular flexibility index (Phi) is 2.95. The van der Waals surface area contributed by atoms with Crippen LogP contribution in [0.25, 0.3) is 0 Å². The third-order valence-corrected chi connectivity index (χ3v) is 2.70. The molecule has 0 spiro atoms. The lowest BCUT2D eigenvalue weighted by Gasteiger charge is -2.06. The molecule has 0 aliphatic rings. The molecule has 0 amide bonds. The van der Waals surface area contributed by atoms with Crippen molar-refractivity contribution < 1.29 is 27.4 Å². The predicted molar refractivity (Wildman–Crippen MR) is 33.6 cm³/mol. The third kappa shape index (κ3) is 8.01. The van der Waals surface area contributed by atoms with Crippen molar-refractivity contribution in [3.63, 3.8) is 0 Å². The first-order chi connectivity index (χ1) is 4.21. The van der Waals surface area contributed by atoms with Crippen LogP contribution in [0.4, 0.5) is 0 Å². The van der Waals surface area contributed by atoms with E-state index < -0.39 is 30.7 Å². The normalized spacial score (nSPS) is 13.6. The van der Waals surface area contributed by atoms with Gasteiger partial charge in [-0.05, 0) is 0 Å². The molecule has 0 aromatic rings. The first-order valence-electron chi connectivity index (χ1n) is 2.33. The van der Waals surface area contributed by atoms with Crippen LogP contribution in [0.2, 0.25) is 6.04 Å². The van der Waals surface area contributed by atoms with Gasteiger partial charge in [-0.3, -0.25) is 4.55 Å². The van der Waals surface area contributed by atoms with Gasteiger partial charge < -0.3 is 14.4 Å². The van der Waals surface area contributed by atoms with Gasteiger partial charge in [-0.25, -0.2) is 0 Å². The van der Waals surface area contributed by atoms with E-state index in [9.17, 15) is 8.42 Å². The molecule has 6 nitrogen and oxygen atoms in total. The lowest BCUT2D eigenvalue weighted by atomic mass is 11.0. The molecule has 0 aliphatic carbocycles. The Balaban J connectivity index is 3.79. The zero-order valence-corrected chi connectivity index (χ0v) is 6.74. The number of hydrogen-bond donors (Lipinski definition) is 4. The Morgan fingerprint density at radius 3 is 1.70 bits per heavy atom. The summed E-state index contributed by atoms with van der Waals surface area (Å²) >= 11 is 0. The maximum atomic E-state index is 9.92. The van der Waals surface area contributed by atoms with Crippen LogP contribution in [-0.2, 0) is 10.1 Å². The second-order valence-corrected chi connectivity index (χ2v) is 5.43. The van der Waals surface area contributed by atoms with E-state index in [2.05, 4.69) is 0 Å². The molecule has 10 heavy (non-hydrogen) atoms. The predicted octanol–water partition coefficient (Wildman–Crippen LogP) is -2.21. The monoisotopic (exact) mass is 188 g/mol. The maximum Gasteiger partial charge on any atom is 0.493 e. The van der Waals surface area contributed by atoms with Crippen LogP contribution in [0.1, 0.15) is 0 Å². The van der Waals surface area contributed by atoms with Gasteiger partial charge >= 0.3 is 8.80 Å². The molecule has 8 heteroatoms. The van der Waals surface area contributed by atoms with Crippen LogP contribution >= 0.6 is 0 Å². The van der Waals surface area contributed by atoms with Crippen molar-refractivity contribution in [1.29, 1.82) is 0 Å². The highest BCUT2D eigenvalue weighted by atomic mass is 32.2. The molecular weight excluding hydrogens is 180 g/mol. The van der Waals surface area contributed by atoms with Gasteiger partial charge in [0.2, 0.25) is 0 Å². The fraction of sp³-hybridized carbons (Fsp3) is 1.00. The van der Waals surface area contributed by atoms with Crippen LogP contribution in [0, 0.1) is 0 Å². The van der Waals surface area contributed by atoms with Crippen LogP contribution in [0.3, 0.4) is 0 Å². The number of rotatable bonds is 3. The summed E-state index contributed by atoms with van der Waals surface area (Å²) in [6, 6.07) is -0.703. The summed E-state index contributed by atoms with van der Waals surface area (Å²) in [6.45, 7) is 0. The smallest absolute Gasteiger partial charge is 0.390 e. The van der Waals surface area contributed by atoms with E-state index in [0.29, 0.717) is 0 Å². The molecule has 0 atom stereocenters. The largest absolute Gasteiger partial charge is 0.493 e. The van der Waals surface area contributed by atoms with Gasteiger partial charge in [0.05, 0.1) is 5.75 Å². The minimum atomic E-state index is -4.31. The van der Waals surface area contributed by atoms with Crippen LogP contribution in [0.5, 0.6) is 0 Å². The van der Waals surface area contributed by atoms with Crippen molar-refractivity contribution in [2.45, 2.75) is 6.04 Å². The van der Waals surface area contributed by atoms with Gasteiger partial charge in [0, 0.05) is 6.04 Å². The second kappa shape index (κ2) is 2.94. The van der Waals surface area contributed by atoms with Gasteiger partial charge in [-0.2, -0.15) is 8.42 Å². The summed E-state index contributed by atoms with van der Waals surface area (Å²) in [6.07, 6.45) is 0. The van der Waals surface area contributed by atoms with Crippen molar-refractivity contribution in [1.82, 2.24) is 0 Å². The van der Waals surface area contributed by atoms with Crippen LogP contribution in [-0.4, -0.2) is 41.9 Å². The molecule has 0 unspecified atom stereocenters. The van der Waals surface area contributed by atoms with E-state index >= 15 is 0 Å². The average molecular weight is 188 g/mol. The third-order valence-electron chi connectivity index (χ3n) is 0.695. The molecule has 0 saturated heterocycles. The summed E-state index contributed by atoms with van der Waals surface area (Å²) < 4.78 is 27.9. The summed E-state index contributed by atoms with van der Waals surface area (Å²) in [5.41, 5.74) is 0. The van der Waals surface area contributed by atoms with Crippen LogP contribution in [0.15, 0.2) is 0 Å². The zero-order chi connectivity index (χ0) is 8.41. The zero-order valence-electron chi connectivity index (χ0n) is 4.93. The Morgan fingerprint density at radius 1 is 1.20 bits per heavy atom. The van der Waals surface area contributed by atoms with E-state index in [1.807, 2.05) is 0 Å². The molecule has 0 rings (SSSR count). The second-order valence-electron chi connectivity index (χ2n) is 1.81. The Bertz CT molecular complexity index is 188. The minimum absolute atomic E-state index is 0.703. The molecule has 4 N–H and O–H groups in total. The first kappa shape index (κ1) is 10.0. The molecular formula is C2H8O6SSi. The van der Waals surface area contributed by atoms with Crippen molar-refractivity contribution >= 4 is 18.9 Å². The summed E-state index contributed by atoms with van der Waals surface area (Å²) in [7, 11) is -8.51. The van der Waals surface area contributed by atoms with Gasteiger partial charge in [0.25, 0.3) is 10.1 Å². The summed E-state index contributed by atoms with van der Waals surface area (Å²) in [5.74, 6) is -0.831.